The Hall–Kier alpha value is -1.79. The normalized spacial score (nSPS) is 21.4. The second kappa shape index (κ2) is 10.7. The predicted octanol–water partition coefficient (Wildman–Crippen LogP) is 2.56. The summed E-state index contributed by atoms with van der Waals surface area (Å²) in [6.07, 6.45) is 1.20. The van der Waals surface area contributed by atoms with E-state index >= 15 is 0 Å². The van der Waals surface area contributed by atoms with Crippen LogP contribution in [0.15, 0.2) is 29.3 Å². The fraction of sp³-hybridized carbons (Fsp3) is 0.682. The van der Waals surface area contributed by atoms with E-state index in [0.717, 1.165) is 57.6 Å². The van der Waals surface area contributed by atoms with Gasteiger partial charge in [0.1, 0.15) is 12.4 Å². The number of likely N-dealkylation sites (tertiary alicyclic amines) is 1. The van der Waals surface area contributed by atoms with Crippen molar-refractivity contribution in [3.8, 4) is 5.75 Å². The fourth-order valence-electron chi connectivity index (χ4n) is 3.86. The molecule has 0 spiro atoms. The molecule has 2 heterocycles. The lowest BCUT2D eigenvalue weighted by Gasteiger charge is -2.32. The molecule has 1 aromatic carbocycles. The Labute approximate surface area is 169 Å². The van der Waals surface area contributed by atoms with Gasteiger partial charge in [0, 0.05) is 38.8 Å². The molecule has 1 N–H and O–H groups in total. The van der Waals surface area contributed by atoms with Gasteiger partial charge in [-0.15, -0.1) is 0 Å². The van der Waals surface area contributed by atoms with Crippen LogP contribution in [0.2, 0.25) is 0 Å². The monoisotopic (exact) mass is 388 g/mol. The van der Waals surface area contributed by atoms with E-state index in [9.17, 15) is 0 Å². The molecule has 0 radical (unpaired) electrons. The lowest BCUT2D eigenvalue weighted by molar-refractivity contribution is 0.0195. The topological polar surface area (TPSA) is 49.3 Å². The molecular weight excluding hydrogens is 352 g/mol. The summed E-state index contributed by atoms with van der Waals surface area (Å²) in [7, 11) is 0. The van der Waals surface area contributed by atoms with E-state index in [1.165, 1.54) is 12.0 Å². The molecule has 28 heavy (non-hydrogen) atoms. The number of ether oxygens (including phenoxy) is 2. The van der Waals surface area contributed by atoms with Crippen molar-refractivity contribution in [1.29, 1.82) is 0 Å². The maximum atomic E-state index is 5.87. The van der Waals surface area contributed by atoms with Crippen molar-refractivity contribution in [2.45, 2.75) is 39.2 Å². The van der Waals surface area contributed by atoms with Crippen molar-refractivity contribution in [2.75, 3.05) is 59.1 Å². The van der Waals surface area contributed by atoms with Crippen LogP contribution in [0, 0.1) is 0 Å². The van der Waals surface area contributed by atoms with Gasteiger partial charge in [0.15, 0.2) is 5.96 Å². The number of hydrogen-bond donors (Lipinski definition) is 1. The van der Waals surface area contributed by atoms with Gasteiger partial charge in [0.05, 0.1) is 19.8 Å². The number of hydrogen-bond acceptors (Lipinski definition) is 4. The first-order chi connectivity index (χ1) is 13.7. The largest absolute Gasteiger partial charge is 0.492 e. The second-order valence-corrected chi connectivity index (χ2v) is 7.84. The van der Waals surface area contributed by atoms with Gasteiger partial charge < -0.3 is 19.7 Å². The number of benzene rings is 1. The van der Waals surface area contributed by atoms with E-state index in [-0.39, 0.29) is 0 Å². The number of aliphatic imine (C=N–C) groups is 1. The van der Waals surface area contributed by atoms with Gasteiger partial charge >= 0.3 is 0 Å². The summed E-state index contributed by atoms with van der Waals surface area (Å²) >= 11 is 0. The van der Waals surface area contributed by atoms with Crippen LogP contribution in [0.25, 0.3) is 0 Å². The summed E-state index contributed by atoms with van der Waals surface area (Å²) < 4.78 is 11.4. The number of nitrogens with one attached hydrogen (secondary N) is 1. The number of nitrogens with zero attached hydrogens (tertiary/aromatic N) is 3. The van der Waals surface area contributed by atoms with Crippen LogP contribution < -0.4 is 10.1 Å². The maximum absolute atomic E-state index is 5.87. The zero-order valence-corrected chi connectivity index (χ0v) is 17.7. The minimum atomic E-state index is 0.545. The van der Waals surface area contributed by atoms with Crippen molar-refractivity contribution in [2.24, 2.45) is 4.99 Å². The Morgan fingerprint density at radius 2 is 1.96 bits per heavy atom. The molecule has 0 aliphatic carbocycles. The molecule has 6 heteroatoms. The highest BCUT2D eigenvalue weighted by molar-refractivity contribution is 5.80. The molecule has 6 nitrogen and oxygen atoms in total. The van der Waals surface area contributed by atoms with Crippen LogP contribution in [-0.4, -0.2) is 80.9 Å². The molecule has 2 saturated heterocycles. The number of morpholine rings is 1. The van der Waals surface area contributed by atoms with Gasteiger partial charge in [-0.1, -0.05) is 26.0 Å². The standard InChI is InChI=1S/C22H36N4O2/c1-4-23-22(26-11-9-20(17-26)25-12-15-27-16-13-25)24-10-14-28-21-7-5-19(6-8-21)18(2)3/h5-8,18,20H,4,9-17H2,1-3H3,(H,23,24). The molecule has 2 aliphatic heterocycles. The Balaban J connectivity index is 1.47. The van der Waals surface area contributed by atoms with Crippen molar-refractivity contribution in [3.05, 3.63) is 29.8 Å². The minimum Gasteiger partial charge on any atom is -0.492 e. The molecule has 0 amide bonds. The first kappa shape index (κ1) is 20.9. The lowest BCUT2D eigenvalue weighted by atomic mass is 10.0. The highest BCUT2D eigenvalue weighted by Crippen LogP contribution is 2.19. The Bertz CT molecular complexity index is 611. The zero-order chi connectivity index (χ0) is 19.8. The van der Waals surface area contributed by atoms with Gasteiger partial charge in [0.25, 0.3) is 0 Å². The van der Waals surface area contributed by atoms with Gasteiger partial charge in [-0.25, -0.2) is 4.99 Å². The van der Waals surface area contributed by atoms with E-state index in [0.29, 0.717) is 25.1 Å². The Morgan fingerprint density at radius 1 is 1.21 bits per heavy atom. The summed E-state index contributed by atoms with van der Waals surface area (Å²) in [5, 5.41) is 3.44. The van der Waals surface area contributed by atoms with Crippen LogP contribution in [0.4, 0.5) is 0 Å². The van der Waals surface area contributed by atoms with E-state index in [1.54, 1.807) is 0 Å². The SMILES string of the molecule is CCNC(=NCCOc1ccc(C(C)C)cc1)N1CCC(N2CCOCC2)C1. The maximum Gasteiger partial charge on any atom is 0.194 e. The van der Waals surface area contributed by atoms with Crippen LogP contribution in [0.5, 0.6) is 5.75 Å². The second-order valence-electron chi connectivity index (χ2n) is 7.84. The molecule has 0 saturated carbocycles. The molecule has 0 aromatic heterocycles. The van der Waals surface area contributed by atoms with E-state index in [1.807, 2.05) is 0 Å². The Morgan fingerprint density at radius 3 is 2.64 bits per heavy atom. The van der Waals surface area contributed by atoms with E-state index in [2.05, 4.69) is 60.2 Å². The van der Waals surface area contributed by atoms with Gasteiger partial charge in [0.2, 0.25) is 0 Å². The average molecular weight is 389 g/mol. The summed E-state index contributed by atoms with van der Waals surface area (Å²) in [5.74, 6) is 2.47. The third-order valence-electron chi connectivity index (χ3n) is 5.53. The number of guanidine groups is 1. The van der Waals surface area contributed by atoms with Gasteiger partial charge in [-0.2, -0.15) is 0 Å². The summed E-state index contributed by atoms with van der Waals surface area (Å²) in [5.41, 5.74) is 1.34. The van der Waals surface area contributed by atoms with Crippen molar-refractivity contribution < 1.29 is 9.47 Å². The van der Waals surface area contributed by atoms with Crippen LogP contribution >= 0.6 is 0 Å². The molecule has 2 fully saturated rings. The predicted molar refractivity (Wildman–Crippen MR) is 114 cm³/mol. The van der Waals surface area contributed by atoms with Gasteiger partial charge in [-0.3, -0.25) is 4.90 Å². The van der Waals surface area contributed by atoms with Crippen molar-refractivity contribution in [3.63, 3.8) is 0 Å². The highest BCUT2D eigenvalue weighted by atomic mass is 16.5. The Kier molecular flexibility index (Phi) is 7.98. The smallest absolute Gasteiger partial charge is 0.194 e. The average Bonchev–Trinajstić information content (AvgIpc) is 3.21. The van der Waals surface area contributed by atoms with Crippen LogP contribution in [0.1, 0.15) is 38.7 Å². The summed E-state index contributed by atoms with van der Waals surface area (Å²) in [6, 6.07) is 9.01. The summed E-state index contributed by atoms with van der Waals surface area (Å²) in [4.78, 5) is 9.76. The molecule has 156 valence electrons. The molecule has 1 aromatic rings. The molecule has 2 aliphatic rings. The zero-order valence-electron chi connectivity index (χ0n) is 17.7. The first-order valence-electron chi connectivity index (χ1n) is 10.7. The van der Waals surface area contributed by atoms with Gasteiger partial charge in [-0.05, 0) is 37.0 Å². The molecule has 3 rings (SSSR count). The quantitative estimate of drug-likeness (QED) is 0.442. The van der Waals surface area contributed by atoms with Crippen LogP contribution in [-0.2, 0) is 4.74 Å². The van der Waals surface area contributed by atoms with E-state index < -0.39 is 0 Å². The van der Waals surface area contributed by atoms with Crippen molar-refractivity contribution in [1.82, 2.24) is 15.1 Å². The van der Waals surface area contributed by atoms with Crippen LogP contribution in [0.3, 0.4) is 0 Å². The minimum absolute atomic E-state index is 0.545. The third kappa shape index (κ3) is 5.85. The summed E-state index contributed by atoms with van der Waals surface area (Å²) in [6.45, 7) is 14.6. The third-order valence-corrected chi connectivity index (χ3v) is 5.53. The number of rotatable bonds is 7. The van der Waals surface area contributed by atoms with E-state index in [4.69, 9.17) is 14.5 Å². The molecule has 0 bridgehead atoms. The molecular formula is C22H36N4O2. The van der Waals surface area contributed by atoms with Crippen molar-refractivity contribution >= 4 is 5.96 Å². The molecule has 1 unspecified atom stereocenters. The molecule has 1 atom stereocenters. The first-order valence-corrected chi connectivity index (χ1v) is 10.7. The lowest BCUT2D eigenvalue weighted by Crippen LogP contribution is -2.46. The highest BCUT2D eigenvalue weighted by Gasteiger charge is 2.30. The fourth-order valence-corrected chi connectivity index (χ4v) is 3.86.